The summed E-state index contributed by atoms with van der Waals surface area (Å²) in [7, 11) is 0. The van der Waals surface area contributed by atoms with Gasteiger partial charge in [0.15, 0.2) is 0 Å². The van der Waals surface area contributed by atoms with Crippen LogP contribution in [-0.2, 0) is 6.42 Å². The molecular weight excluding hydrogens is 218 g/mol. The highest BCUT2D eigenvalue weighted by atomic mass is 32.1. The highest BCUT2D eigenvalue weighted by Gasteiger charge is 2.48. The molecule has 1 aliphatic carbocycles. The van der Waals surface area contributed by atoms with E-state index in [0.29, 0.717) is 11.3 Å². The van der Waals surface area contributed by atoms with Crippen LogP contribution in [0.1, 0.15) is 49.5 Å². The number of rotatable bonds is 6. The maximum absolute atomic E-state index is 4.31. The van der Waals surface area contributed by atoms with Gasteiger partial charge in [0.05, 0.1) is 0 Å². The SMILES string of the molecule is CCCNCCc1nnc(C2CC2(C)C)s1. The molecule has 1 heterocycles. The van der Waals surface area contributed by atoms with E-state index in [0.717, 1.165) is 19.5 Å². The molecule has 1 aromatic rings. The van der Waals surface area contributed by atoms with E-state index in [1.54, 1.807) is 11.3 Å². The zero-order valence-electron chi connectivity index (χ0n) is 10.4. The summed E-state index contributed by atoms with van der Waals surface area (Å²) in [5.41, 5.74) is 0.470. The van der Waals surface area contributed by atoms with Crippen LogP contribution in [0.25, 0.3) is 0 Å². The van der Waals surface area contributed by atoms with Crippen molar-refractivity contribution in [1.29, 1.82) is 0 Å². The van der Waals surface area contributed by atoms with Gasteiger partial charge in [-0.2, -0.15) is 0 Å². The molecule has 2 rings (SSSR count). The van der Waals surface area contributed by atoms with Gasteiger partial charge in [-0.05, 0) is 24.8 Å². The summed E-state index contributed by atoms with van der Waals surface area (Å²) in [5, 5.41) is 14.4. The summed E-state index contributed by atoms with van der Waals surface area (Å²) in [6, 6.07) is 0. The Kier molecular flexibility index (Phi) is 3.60. The Morgan fingerprint density at radius 2 is 2.12 bits per heavy atom. The Morgan fingerprint density at radius 3 is 2.75 bits per heavy atom. The first kappa shape index (κ1) is 12.0. The Bertz CT molecular complexity index is 346. The molecule has 0 bridgehead atoms. The highest BCUT2D eigenvalue weighted by Crippen LogP contribution is 2.58. The zero-order valence-corrected chi connectivity index (χ0v) is 11.2. The van der Waals surface area contributed by atoms with E-state index in [-0.39, 0.29) is 0 Å². The number of aromatic nitrogens is 2. The molecule has 1 saturated carbocycles. The lowest BCUT2D eigenvalue weighted by Crippen LogP contribution is -2.17. The van der Waals surface area contributed by atoms with Crippen molar-refractivity contribution in [2.45, 2.75) is 46.0 Å². The maximum atomic E-state index is 4.31. The van der Waals surface area contributed by atoms with Crippen LogP contribution >= 0.6 is 11.3 Å². The molecule has 0 aliphatic heterocycles. The smallest absolute Gasteiger partial charge is 0.121 e. The van der Waals surface area contributed by atoms with Crippen LogP contribution in [0.3, 0.4) is 0 Å². The molecule has 1 N–H and O–H groups in total. The fourth-order valence-electron chi connectivity index (χ4n) is 1.89. The molecule has 0 aromatic carbocycles. The van der Waals surface area contributed by atoms with Gasteiger partial charge in [-0.1, -0.05) is 20.8 Å². The molecule has 0 saturated heterocycles. The summed E-state index contributed by atoms with van der Waals surface area (Å²) in [6.07, 6.45) is 3.48. The lowest BCUT2D eigenvalue weighted by Gasteiger charge is -1.99. The molecular formula is C12H21N3S. The van der Waals surface area contributed by atoms with E-state index in [1.807, 2.05) is 0 Å². The molecule has 16 heavy (non-hydrogen) atoms. The van der Waals surface area contributed by atoms with Crippen molar-refractivity contribution in [3.8, 4) is 0 Å². The molecule has 3 nitrogen and oxygen atoms in total. The summed E-state index contributed by atoms with van der Waals surface area (Å²) >= 11 is 1.80. The average Bonchev–Trinajstić information content (AvgIpc) is 2.70. The standard InChI is InChI=1S/C12H21N3S/c1-4-6-13-7-5-10-14-15-11(16-10)9-8-12(9,2)3/h9,13H,4-8H2,1-3H3. The third-order valence-electron chi connectivity index (χ3n) is 3.24. The van der Waals surface area contributed by atoms with Crippen molar-refractivity contribution in [1.82, 2.24) is 15.5 Å². The van der Waals surface area contributed by atoms with E-state index < -0.39 is 0 Å². The second-order valence-corrected chi connectivity index (χ2v) is 6.37. The number of hydrogen-bond acceptors (Lipinski definition) is 4. The minimum atomic E-state index is 0.470. The van der Waals surface area contributed by atoms with Gasteiger partial charge in [-0.3, -0.25) is 0 Å². The molecule has 1 aliphatic rings. The molecule has 0 amide bonds. The van der Waals surface area contributed by atoms with Crippen molar-refractivity contribution in [3.63, 3.8) is 0 Å². The first-order valence-electron chi connectivity index (χ1n) is 6.16. The van der Waals surface area contributed by atoms with Gasteiger partial charge in [0.25, 0.3) is 0 Å². The minimum Gasteiger partial charge on any atom is -0.316 e. The molecule has 1 unspecified atom stereocenters. The fourth-order valence-corrected chi connectivity index (χ4v) is 3.05. The number of hydrogen-bond donors (Lipinski definition) is 1. The highest BCUT2D eigenvalue weighted by molar-refractivity contribution is 7.11. The van der Waals surface area contributed by atoms with Crippen molar-refractivity contribution in [2.24, 2.45) is 5.41 Å². The van der Waals surface area contributed by atoms with Crippen molar-refractivity contribution in [2.75, 3.05) is 13.1 Å². The summed E-state index contributed by atoms with van der Waals surface area (Å²) in [6.45, 7) is 8.92. The molecule has 1 fully saturated rings. The van der Waals surface area contributed by atoms with Gasteiger partial charge in [-0.25, -0.2) is 0 Å². The first-order valence-corrected chi connectivity index (χ1v) is 6.98. The van der Waals surface area contributed by atoms with Crippen LogP contribution in [0.15, 0.2) is 0 Å². The Morgan fingerprint density at radius 1 is 1.38 bits per heavy atom. The Balaban J connectivity index is 1.79. The average molecular weight is 239 g/mol. The second kappa shape index (κ2) is 4.80. The Hall–Kier alpha value is -0.480. The lowest BCUT2D eigenvalue weighted by atomic mass is 10.1. The van der Waals surface area contributed by atoms with Gasteiger partial charge >= 0.3 is 0 Å². The van der Waals surface area contributed by atoms with E-state index in [2.05, 4.69) is 36.3 Å². The van der Waals surface area contributed by atoms with Gasteiger partial charge < -0.3 is 5.32 Å². The Labute approximate surface area is 102 Å². The van der Waals surface area contributed by atoms with Gasteiger partial charge in [-0.15, -0.1) is 21.5 Å². The minimum absolute atomic E-state index is 0.470. The maximum Gasteiger partial charge on any atom is 0.121 e. The van der Waals surface area contributed by atoms with Crippen LogP contribution in [0.2, 0.25) is 0 Å². The van der Waals surface area contributed by atoms with Crippen LogP contribution < -0.4 is 5.32 Å². The second-order valence-electron chi connectivity index (χ2n) is 5.28. The molecule has 0 radical (unpaired) electrons. The van der Waals surface area contributed by atoms with Gasteiger partial charge in [0.2, 0.25) is 0 Å². The van der Waals surface area contributed by atoms with Gasteiger partial charge in [0, 0.05) is 18.9 Å². The summed E-state index contributed by atoms with van der Waals surface area (Å²) < 4.78 is 0. The quantitative estimate of drug-likeness (QED) is 0.775. The summed E-state index contributed by atoms with van der Waals surface area (Å²) in [5.74, 6) is 0.669. The predicted octanol–water partition coefficient (Wildman–Crippen LogP) is 2.59. The normalized spacial score (nSPS) is 22.3. The number of nitrogens with zero attached hydrogens (tertiary/aromatic N) is 2. The first-order chi connectivity index (χ1) is 7.63. The fraction of sp³-hybridized carbons (Fsp3) is 0.833. The van der Waals surface area contributed by atoms with Gasteiger partial charge in [0.1, 0.15) is 10.0 Å². The monoisotopic (exact) mass is 239 g/mol. The lowest BCUT2D eigenvalue weighted by molar-refractivity contribution is 0.618. The largest absolute Gasteiger partial charge is 0.316 e. The molecule has 0 spiro atoms. The number of nitrogens with one attached hydrogen (secondary N) is 1. The predicted molar refractivity (Wildman–Crippen MR) is 67.9 cm³/mol. The topological polar surface area (TPSA) is 37.8 Å². The van der Waals surface area contributed by atoms with Crippen LogP contribution in [0.4, 0.5) is 0 Å². The van der Waals surface area contributed by atoms with Crippen LogP contribution in [-0.4, -0.2) is 23.3 Å². The van der Waals surface area contributed by atoms with E-state index >= 15 is 0 Å². The van der Waals surface area contributed by atoms with Crippen LogP contribution in [0, 0.1) is 5.41 Å². The van der Waals surface area contributed by atoms with E-state index in [1.165, 1.54) is 22.9 Å². The molecule has 90 valence electrons. The third-order valence-corrected chi connectivity index (χ3v) is 4.33. The van der Waals surface area contributed by atoms with Crippen molar-refractivity contribution in [3.05, 3.63) is 10.0 Å². The zero-order chi connectivity index (χ0) is 11.6. The van der Waals surface area contributed by atoms with E-state index in [9.17, 15) is 0 Å². The van der Waals surface area contributed by atoms with E-state index in [4.69, 9.17) is 0 Å². The molecule has 1 atom stereocenters. The molecule has 4 heteroatoms. The summed E-state index contributed by atoms with van der Waals surface area (Å²) in [4.78, 5) is 0. The van der Waals surface area contributed by atoms with Crippen LogP contribution in [0.5, 0.6) is 0 Å². The van der Waals surface area contributed by atoms with Crippen molar-refractivity contribution >= 4 is 11.3 Å². The molecule has 1 aromatic heterocycles. The van der Waals surface area contributed by atoms with Crippen molar-refractivity contribution < 1.29 is 0 Å². The third kappa shape index (κ3) is 2.80.